The van der Waals surface area contributed by atoms with Crippen molar-refractivity contribution >= 4 is 28.8 Å². The summed E-state index contributed by atoms with van der Waals surface area (Å²) in [4.78, 5) is 17.8. The number of carbonyl (C=O) groups excluding carboxylic acids is 1. The normalized spacial score (nSPS) is 10.0. The van der Waals surface area contributed by atoms with Gasteiger partial charge < -0.3 is 20.7 Å². The average Bonchev–Trinajstić information content (AvgIpc) is 2.49. The molecule has 2 aromatic rings. The van der Waals surface area contributed by atoms with Gasteiger partial charge >= 0.3 is 5.97 Å². The molecule has 1 aromatic heterocycles. The van der Waals surface area contributed by atoms with Crippen molar-refractivity contribution in [2.24, 2.45) is 0 Å². The standard InChI is InChI=1S/C15H18N4O2/c1-19(2)11-6-4-10(5-7-11)18-14-13(16)12(8-9-17-14)15(20)21-3/h4-9H,16H2,1-3H3,(H,17,18). The van der Waals surface area contributed by atoms with Crippen LogP contribution < -0.4 is 16.0 Å². The Labute approximate surface area is 123 Å². The number of nitrogens with two attached hydrogens (primary N) is 1. The molecule has 110 valence electrons. The highest BCUT2D eigenvalue weighted by Gasteiger charge is 2.13. The molecule has 6 heteroatoms. The molecule has 6 nitrogen and oxygen atoms in total. The number of anilines is 4. The minimum absolute atomic E-state index is 0.265. The van der Waals surface area contributed by atoms with Crippen molar-refractivity contribution in [3.8, 4) is 0 Å². The molecule has 0 bridgehead atoms. The van der Waals surface area contributed by atoms with Crippen LogP contribution in [-0.2, 0) is 4.74 Å². The van der Waals surface area contributed by atoms with Gasteiger partial charge in [-0.15, -0.1) is 0 Å². The van der Waals surface area contributed by atoms with Crippen molar-refractivity contribution in [2.45, 2.75) is 0 Å². The first-order chi connectivity index (χ1) is 10.0. The van der Waals surface area contributed by atoms with E-state index in [0.29, 0.717) is 11.4 Å². The summed E-state index contributed by atoms with van der Waals surface area (Å²) in [6.07, 6.45) is 1.51. The first-order valence-electron chi connectivity index (χ1n) is 6.40. The van der Waals surface area contributed by atoms with E-state index in [1.54, 1.807) is 0 Å². The molecule has 1 heterocycles. The number of hydrogen-bond donors (Lipinski definition) is 2. The molecule has 0 aliphatic carbocycles. The van der Waals surface area contributed by atoms with Crippen LogP contribution in [0.4, 0.5) is 22.9 Å². The maximum absolute atomic E-state index is 11.6. The minimum atomic E-state index is -0.485. The minimum Gasteiger partial charge on any atom is -0.465 e. The van der Waals surface area contributed by atoms with E-state index in [0.717, 1.165) is 11.4 Å². The summed E-state index contributed by atoms with van der Waals surface area (Å²) in [6, 6.07) is 9.31. The van der Waals surface area contributed by atoms with Gasteiger partial charge in [0.1, 0.15) is 0 Å². The molecule has 0 atom stereocenters. The first kappa shape index (κ1) is 14.6. The Morgan fingerprint density at radius 3 is 2.48 bits per heavy atom. The van der Waals surface area contributed by atoms with Gasteiger partial charge in [-0.3, -0.25) is 0 Å². The Kier molecular flexibility index (Phi) is 4.27. The smallest absolute Gasteiger partial charge is 0.340 e. The summed E-state index contributed by atoms with van der Waals surface area (Å²) in [5, 5.41) is 3.10. The lowest BCUT2D eigenvalue weighted by molar-refractivity contribution is 0.0602. The van der Waals surface area contributed by atoms with Crippen molar-refractivity contribution in [2.75, 3.05) is 37.2 Å². The molecule has 0 unspecified atom stereocenters. The van der Waals surface area contributed by atoms with Gasteiger partial charge in [0.15, 0.2) is 5.82 Å². The van der Waals surface area contributed by atoms with Crippen LogP contribution in [0.2, 0.25) is 0 Å². The third-order valence-corrected chi connectivity index (χ3v) is 3.04. The molecule has 0 fully saturated rings. The highest BCUT2D eigenvalue weighted by Crippen LogP contribution is 2.25. The van der Waals surface area contributed by atoms with E-state index in [1.807, 2.05) is 43.3 Å². The Balaban J connectivity index is 2.25. The van der Waals surface area contributed by atoms with Crippen LogP contribution >= 0.6 is 0 Å². The number of nitrogens with zero attached hydrogens (tertiary/aromatic N) is 2. The van der Waals surface area contributed by atoms with Crippen LogP contribution in [0.5, 0.6) is 0 Å². The van der Waals surface area contributed by atoms with Crippen LogP contribution in [0.3, 0.4) is 0 Å². The highest BCUT2D eigenvalue weighted by molar-refractivity contribution is 5.97. The molecule has 21 heavy (non-hydrogen) atoms. The summed E-state index contributed by atoms with van der Waals surface area (Å²) in [5.74, 6) is -0.0589. The fourth-order valence-electron chi connectivity index (χ4n) is 1.84. The van der Waals surface area contributed by atoms with Gasteiger partial charge in [-0.1, -0.05) is 0 Å². The van der Waals surface area contributed by atoms with E-state index in [2.05, 4.69) is 15.0 Å². The molecule has 0 amide bonds. The Hall–Kier alpha value is -2.76. The monoisotopic (exact) mass is 286 g/mol. The molecule has 0 aliphatic rings. The van der Waals surface area contributed by atoms with E-state index < -0.39 is 5.97 Å². The number of benzene rings is 1. The summed E-state index contributed by atoms with van der Waals surface area (Å²) >= 11 is 0. The fourth-order valence-corrected chi connectivity index (χ4v) is 1.84. The number of carbonyl (C=O) groups is 1. The molecule has 3 N–H and O–H groups in total. The van der Waals surface area contributed by atoms with Crippen molar-refractivity contribution in [1.29, 1.82) is 0 Å². The second kappa shape index (κ2) is 6.13. The van der Waals surface area contributed by atoms with Crippen molar-refractivity contribution < 1.29 is 9.53 Å². The lowest BCUT2D eigenvalue weighted by Crippen LogP contribution is -2.09. The number of nitrogens with one attached hydrogen (secondary N) is 1. The van der Waals surface area contributed by atoms with Gasteiger partial charge in [0.2, 0.25) is 0 Å². The zero-order valence-electron chi connectivity index (χ0n) is 12.3. The molecular formula is C15H18N4O2. The van der Waals surface area contributed by atoms with Crippen LogP contribution in [0.1, 0.15) is 10.4 Å². The fraction of sp³-hybridized carbons (Fsp3) is 0.200. The van der Waals surface area contributed by atoms with Crippen LogP contribution in [0.15, 0.2) is 36.5 Å². The number of rotatable bonds is 4. The first-order valence-corrected chi connectivity index (χ1v) is 6.40. The molecular weight excluding hydrogens is 268 g/mol. The SMILES string of the molecule is COC(=O)c1ccnc(Nc2ccc(N(C)C)cc2)c1N. The number of nitrogen functional groups attached to an aromatic ring is 1. The third kappa shape index (κ3) is 3.22. The van der Waals surface area contributed by atoms with Crippen molar-refractivity contribution in [3.63, 3.8) is 0 Å². The molecule has 0 saturated heterocycles. The zero-order chi connectivity index (χ0) is 15.4. The van der Waals surface area contributed by atoms with Gasteiger partial charge in [0.25, 0.3) is 0 Å². The van der Waals surface area contributed by atoms with Gasteiger partial charge in [-0.25, -0.2) is 9.78 Å². The van der Waals surface area contributed by atoms with E-state index in [1.165, 1.54) is 19.4 Å². The Morgan fingerprint density at radius 1 is 1.24 bits per heavy atom. The third-order valence-electron chi connectivity index (χ3n) is 3.04. The molecule has 2 rings (SSSR count). The lowest BCUT2D eigenvalue weighted by atomic mass is 10.2. The summed E-state index contributed by atoms with van der Waals surface area (Å²) in [7, 11) is 5.26. The van der Waals surface area contributed by atoms with E-state index in [4.69, 9.17) is 5.73 Å². The van der Waals surface area contributed by atoms with Gasteiger partial charge in [-0.05, 0) is 30.3 Å². The second-order valence-electron chi connectivity index (χ2n) is 4.68. The molecule has 0 radical (unpaired) electrons. The topological polar surface area (TPSA) is 80.5 Å². The average molecular weight is 286 g/mol. The number of ether oxygens (including phenoxy) is 1. The molecule has 0 aliphatic heterocycles. The maximum atomic E-state index is 11.6. The number of esters is 1. The number of methoxy groups -OCH3 is 1. The Morgan fingerprint density at radius 2 is 1.90 bits per heavy atom. The predicted octanol–water partition coefficient (Wildman–Crippen LogP) is 2.26. The molecule has 1 aromatic carbocycles. The lowest BCUT2D eigenvalue weighted by Gasteiger charge is -2.14. The predicted molar refractivity (Wildman–Crippen MR) is 84.0 cm³/mol. The molecule has 0 spiro atoms. The Bertz CT molecular complexity index is 639. The quantitative estimate of drug-likeness (QED) is 0.839. The van der Waals surface area contributed by atoms with Crippen molar-refractivity contribution in [1.82, 2.24) is 4.98 Å². The number of hydrogen-bond acceptors (Lipinski definition) is 6. The van der Waals surface area contributed by atoms with Crippen molar-refractivity contribution in [3.05, 3.63) is 42.1 Å². The largest absolute Gasteiger partial charge is 0.465 e. The summed E-state index contributed by atoms with van der Waals surface area (Å²) in [5.41, 5.74) is 8.43. The van der Waals surface area contributed by atoms with Gasteiger partial charge in [0, 0.05) is 31.7 Å². The molecule has 0 saturated carbocycles. The number of aromatic nitrogens is 1. The van der Waals surface area contributed by atoms with Gasteiger partial charge in [0.05, 0.1) is 18.4 Å². The number of pyridine rings is 1. The zero-order valence-corrected chi connectivity index (χ0v) is 12.3. The van der Waals surface area contributed by atoms with E-state index >= 15 is 0 Å². The van der Waals surface area contributed by atoms with Crippen LogP contribution in [0, 0.1) is 0 Å². The summed E-state index contributed by atoms with van der Waals surface area (Å²) in [6.45, 7) is 0. The highest BCUT2D eigenvalue weighted by atomic mass is 16.5. The van der Waals surface area contributed by atoms with Crippen LogP contribution in [0.25, 0.3) is 0 Å². The van der Waals surface area contributed by atoms with Gasteiger partial charge in [-0.2, -0.15) is 0 Å². The van der Waals surface area contributed by atoms with E-state index in [9.17, 15) is 4.79 Å². The van der Waals surface area contributed by atoms with Crippen LogP contribution in [-0.4, -0.2) is 32.2 Å². The second-order valence-corrected chi connectivity index (χ2v) is 4.68. The summed E-state index contributed by atoms with van der Waals surface area (Å²) < 4.78 is 4.68. The van der Waals surface area contributed by atoms with E-state index in [-0.39, 0.29) is 5.69 Å². The maximum Gasteiger partial charge on any atom is 0.340 e.